The molecule has 0 aliphatic carbocycles. The highest BCUT2D eigenvalue weighted by Gasteiger charge is 2.36. The first-order valence-electron chi connectivity index (χ1n) is 6.93. The first kappa shape index (κ1) is 15.5. The Bertz CT molecular complexity index is 749. The van der Waals surface area contributed by atoms with Gasteiger partial charge in [0.25, 0.3) is 5.91 Å². The Kier molecular flexibility index (Phi) is 4.33. The molecule has 1 aromatic carbocycles. The number of carbonyl (C=O) groups excluding carboxylic acids is 2. The van der Waals surface area contributed by atoms with Crippen LogP contribution in [0.2, 0.25) is 0 Å². The first-order valence-corrected chi connectivity index (χ1v) is 8.08. The van der Waals surface area contributed by atoms with Crippen LogP contribution in [0, 0.1) is 12.7 Å². The monoisotopic (exact) mass is 335 g/mol. The second-order valence-electron chi connectivity index (χ2n) is 5.12. The molecule has 8 heteroatoms. The van der Waals surface area contributed by atoms with Gasteiger partial charge in [-0.15, -0.1) is 11.8 Å². The van der Waals surface area contributed by atoms with E-state index in [2.05, 4.69) is 10.5 Å². The minimum atomic E-state index is -0.638. The Balaban J connectivity index is 1.73. The zero-order valence-corrected chi connectivity index (χ0v) is 13.1. The van der Waals surface area contributed by atoms with Gasteiger partial charge in [0, 0.05) is 17.5 Å². The summed E-state index contributed by atoms with van der Waals surface area (Å²) in [5.74, 6) is -0.206. The second kappa shape index (κ2) is 6.41. The van der Waals surface area contributed by atoms with Crippen molar-refractivity contribution >= 4 is 29.3 Å². The minimum Gasteiger partial charge on any atom is -0.351 e. The van der Waals surface area contributed by atoms with Crippen molar-refractivity contribution in [2.75, 3.05) is 16.9 Å². The highest BCUT2D eigenvalue weighted by molar-refractivity contribution is 7.99. The van der Waals surface area contributed by atoms with Gasteiger partial charge in [-0.05, 0) is 25.1 Å². The number of hydrogen-bond donors (Lipinski definition) is 1. The summed E-state index contributed by atoms with van der Waals surface area (Å²) in [6.07, 6.45) is 0. The molecule has 1 fully saturated rings. The van der Waals surface area contributed by atoms with Gasteiger partial charge in [-0.1, -0.05) is 11.2 Å². The summed E-state index contributed by atoms with van der Waals surface area (Å²) in [6.45, 7) is 1.72. The number of aryl methyl sites for hydroxylation is 1. The molecule has 2 amide bonds. The lowest BCUT2D eigenvalue weighted by molar-refractivity contribution is -0.119. The molecular weight excluding hydrogens is 321 g/mol. The molecule has 6 nitrogen and oxygen atoms in total. The van der Waals surface area contributed by atoms with E-state index in [1.807, 2.05) is 0 Å². The van der Waals surface area contributed by atoms with Gasteiger partial charge in [-0.3, -0.25) is 9.59 Å². The zero-order chi connectivity index (χ0) is 16.4. The molecule has 120 valence electrons. The fraction of sp³-hybridized carbons (Fsp3) is 0.267. The van der Waals surface area contributed by atoms with Crippen molar-refractivity contribution in [2.24, 2.45) is 0 Å². The third kappa shape index (κ3) is 3.37. The van der Waals surface area contributed by atoms with Crippen LogP contribution in [0.15, 0.2) is 34.9 Å². The van der Waals surface area contributed by atoms with Crippen molar-refractivity contribution < 1.29 is 18.5 Å². The van der Waals surface area contributed by atoms with Crippen molar-refractivity contribution in [3.05, 3.63) is 47.6 Å². The molecule has 1 N–H and O–H groups in total. The fourth-order valence-electron chi connectivity index (χ4n) is 2.26. The van der Waals surface area contributed by atoms with Gasteiger partial charge in [-0.25, -0.2) is 4.39 Å². The molecule has 1 aliphatic rings. The number of anilines is 1. The van der Waals surface area contributed by atoms with Gasteiger partial charge in [0.2, 0.25) is 11.7 Å². The van der Waals surface area contributed by atoms with Crippen LogP contribution in [0.5, 0.6) is 0 Å². The summed E-state index contributed by atoms with van der Waals surface area (Å²) in [5.41, 5.74) is 0.954. The maximum Gasteiger partial charge on any atom is 0.293 e. The average Bonchev–Trinajstić information content (AvgIpc) is 3.15. The summed E-state index contributed by atoms with van der Waals surface area (Å²) in [7, 11) is 0. The molecule has 0 saturated carbocycles. The van der Waals surface area contributed by atoms with Crippen LogP contribution in [0.1, 0.15) is 16.2 Å². The molecule has 1 saturated heterocycles. The molecular formula is C15H14FN3O3S. The van der Waals surface area contributed by atoms with Gasteiger partial charge in [0.05, 0.1) is 11.6 Å². The van der Waals surface area contributed by atoms with Crippen LogP contribution in [0.3, 0.4) is 0 Å². The van der Waals surface area contributed by atoms with E-state index in [0.29, 0.717) is 23.0 Å². The maximum atomic E-state index is 13.2. The minimum absolute atomic E-state index is 0.105. The van der Waals surface area contributed by atoms with Crippen molar-refractivity contribution in [3.63, 3.8) is 0 Å². The van der Waals surface area contributed by atoms with E-state index < -0.39 is 11.9 Å². The third-order valence-electron chi connectivity index (χ3n) is 3.38. The number of nitrogens with one attached hydrogen (secondary N) is 1. The van der Waals surface area contributed by atoms with Gasteiger partial charge >= 0.3 is 0 Å². The average molecular weight is 335 g/mol. The molecule has 0 bridgehead atoms. The number of hydrogen-bond acceptors (Lipinski definition) is 5. The number of halogens is 1. The third-order valence-corrected chi connectivity index (χ3v) is 4.39. The number of benzene rings is 1. The Morgan fingerprint density at radius 2 is 2.26 bits per heavy atom. The quantitative estimate of drug-likeness (QED) is 0.931. The summed E-state index contributed by atoms with van der Waals surface area (Å²) in [6, 6.07) is 6.52. The largest absolute Gasteiger partial charge is 0.351 e. The molecule has 1 aliphatic heterocycles. The molecule has 0 spiro atoms. The van der Waals surface area contributed by atoms with Crippen molar-refractivity contribution in [1.82, 2.24) is 10.1 Å². The van der Waals surface area contributed by atoms with Gasteiger partial charge < -0.3 is 14.7 Å². The molecule has 1 aromatic heterocycles. The number of nitrogens with zero attached hydrogens (tertiary/aromatic N) is 2. The number of carbonyl (C=O) groups is 2. The molecule has 23 heavy (non-hydrogen) atoms. The van der Waals surface area contributed by atoms with E-state index in [-0.39, 0.29) is 17.6 Å². The van der Waals surface area contributed by atoms with Crippen molar-refractivity contribution in [1.29, 1.82) is 0 Å². The molecule has 3 rings (SSSR count). The first-order chi connectivity index (χ1) is 11.0. The highest BCUT2D eigenvalue weighted by atomic mass is 32.2. The van der Waals surface area contributed by atoms with E-state index in [9.17, 15) is 14.0 Å². The van der Waals surface area contributed by atoms with E-state index in [1.165, 1.54) is 40.9 Å². The maximum absolute atomic E-state index is 13.2. The number of rotatable bonds is 3. The lowest BCUT2D eigenvalue weighted by atomic mass is 10.2. The standard InChI is InChI=1S/C15H14FN3O3S/c1-9-5-13(22-18-9)15(21)19-8-23-7-12(19)14(20)17-11-4-2-3-10(16)6-11/h2-6,12H,7-8H2,1H3,(H,17,20). The van der Waals surface area contributed by atoms with Crippen LogP contribution in [0.4, 0.5) is 10.1 Å². The predicted octanol–water partition coefficient (Wildman–Crippen LogP) is 2.28. The lowest BCUT2D eigenvalue weighted by Crippen LogP contribution is -2.44. The summed E-state index contributed by atoms with van der Waals surface area (Å²) in [4.78, 5) is 26.2. The predicted molar refractivity (Wildman–Crippen MR) is 83.6 cm³/mol. The Hall–Kier alpha value is -2.35. The molecule has 1 unspecified atom stereocenters. The van der Waals surface area contributed by atoms with Crippen LogP contribution >= 0.6 is 11.8 Å². The highest BCUT2D eigenvalue weighted by Crippen LogP contribution is 2.24. The smallest absolute Gasteiger partial charge is 0.293 e. The zero-order valence-electron chi connectivity index (χ0n) is 12.3. The van der Waals surface area contributed by atoms with Gasteiger partial charge in [0.15, 0.2) is 0 Å². The number of aromatic nitrogens is 1. The molecule has 1 atom stereocenters. The fourth-order valence-corrected chi connectivity index (χ4v) is 3.41. The lowest BCUT2D eigenvalue weighted by Gasteiger charge is -2.21. The molecule has 0 radical (unpaired) electrons. The van der Waals surface area contributed by atoms with E-state index in [1.54, 1.807) is 13.0 Å². The van der Waals surface area contributed by atoms with Crippen molar-refractivity contribution in [3.8, 4) is 0 Å². The second-order valence-corrected chi connectivity index (χ2v) is 6.12. The van der Waals surface area contributed by atoms with Crippen molar-refractivity contribution in [2.45, 2.75) is 13.0 Å². The van der Waals surface area contributed by atoms with Crippen LogP contribution < -0.4 is 5.32 Å². The number of amides is 2. The Morgan fingerprint density at radius 3 is 2.96 bits per heavy atom. The van der Waals surface area contributed by atoms with Crippen LogP contribution in [-0.4, -0.2) is 39.5 Å². The summed E-state index contributed by atoms with van der Waals surface area (Å²) >= 11 is 1.47. The summed E-state index contributed by atoms with van der Waals surface area (Å²) < 4.78 is 18.2. The number of thioether (sulfide) groups is 1. The van der Waals surface area contributed by atoms with E-state index >= 15 is 0 Å². The van der Waals surface area contributed by atoms with Crippen LogP contribution in [-0.2, 0) is 4.79 Å². The van der Waals surface area contributed by atoms with Gasteiger partial charge in [-0.2, -0.15) is 0 Å². The van der Waals surface area contributed by atoms with Crippen LogP contribution in [0.25, 0.3) is 0 Å². The van der Waals surface area contributed by atoms with Gasteiger partial charge in [0.1, 0.15) is 11.9 Å². The van der Waals surface area contributed by atoms with E-state index in [4.69, 9.17) is 4.52 Å². The molecule has 2 heterocycles. The Morgan fingerprint density at radius 1 is 1.43 bits per heavy atom. The summed E-state index contributed by atoms with van der Waals surface area (Å²) in [5, 5.41) is 6.32. The SMILES string of the molecule is Cc1cc(C(=O)N2CSCC2C(=O)Nc2cccc(F)c2)on1. The van der Waals surface area contributed by atoms with E-state index in [0.717, 1.165) is 0 Å². The normalized spacial score (nSPS) is 17.3. The molecule has 2 aromatic rings. The Labute approximate surface area is 136 Å². The topological polar surface area (TPSA) is 75.4 Å².